The first-order chi connectivity index (χ1) is 13.4. The van der Waals surface area contributed by atoms with Crippen LogP contribution in [0.4, 0.5) is 0 Å². The smallest absolute Gasteiger partial charge is 0.133 e. The van der Waals surface area contributed by atoms with E-state index >= 15 is 0 Å². The maximum absolute atomic E-state index is 12.6. The van der Waals surface area contributed by atoms with Crippen molar-refractivity contribution in [2.45, 2.75) is 103 Å². The minimum Gasteiger partial charge on any atom is -0.393 e. The molecule has 4 rings (SSSR count). The SMILES string of the molecule is C[C@]12CC[C@H]3[C@@H](CC[C@H]4CC(=O)C[C@H](CCCCCCN)[C@@]43C)[C@@H]1CC[C@@H]2O. The van der Waals surface area contributed by atoms with Crippen molar-refractivity contribution in [2.75, 3.05) is 6.54 Å². The minimum atomic E-state index is -0.0877. The number of carbonyl (C=O) groups excluding carboxylic acids is 1. The van der Waals surface area contributed by atoms with Gasteiger partial charge in [-0.05, 0) is 98.3 Å². The van der Waals surface area contributed by atoms with Crippen LogP contribution in [0, 0.1) is 40.4 Å². The highest BCUT2D eigenvalue weighted by Gasteiger charge is 2.61. The topological polar surface area (TPSA) is 63.3 Å². The number of aliphatic hydroxyl groups is 1. The molecular formula is C25H43NO2. The Morgan fingerprint density at radius 1 is 0.964 bits per heavy atom. The fraction of sp³-hybridized carbons (Fsp3) is 0.960. The van der Waals surface area contributed by atoms with Crippen LogP contribution in [0.3, 0.4) is 0 Å². The lowest BCUT2D eigenvalue weighted by atomic mass is 9.42. The summed E-state index contributed by atoms with van der Waals surface area (Å²) in [6, 6.07) is 0. The molecule has 4 aliphatic carbocycles. The molecule has 3 heteroatoms. The molecule has 0 aromatic rings. The average molecular weight is 390 g/mol. The summed E-state index contributed by atoms with van der Waals surface area (Å²) < 4.78 is 0. The molecule has 0 bridgehead atoms. The first-order valence-corrected chi connectivity index (χ1v) is 12.3. The van der Waals surface area contributed by atoms with Gasteiger partial charge in [-0.2, -0.15) is 0 Å². The van der Waals surface area contributed by atoms with E-state index in [-0.39, 0.29) is 11.5 Å². The quantitative estimate of drug-likeness (QED) is 0.622. The second-order valence-corrected chi connectivity index (χ2v) is 11.3. The summed E-state index contributed by atoms with van der Waals surface area (Å²) in [6.07, 6.45) is 15.0. The van der Waals surface area contributed by atoms with E-state index in [0.717, 1.165) is 44.1 Å². The van der Waals surface area contributed by atoms with Crippen LogP contribution < -0.4 is 5.73 Å². The van der Waals surface area contributed by atoms with Crippen LogP contribution in [0.15, 0.2) is 0 Å². The number of unbranched alkanes of at least 4 members (excludes halogenated alkanes) is 3. The van der Waals surface area contributed by atoms with Crippen molar-refractivity contribution in [1.82, 2.24) is 0 Å². The molecule has 3 N–H and O–H groups in total. The van der Waals surface area contributed by atoms with Gasteiger partial charge in [-0.3, -0.25) is 4.79 Å². The monoisotopic (exact) mass is 389 g/mol. The maximum atomic E-state index is 12.6. The predicted octanol–water partition coefficient (Wildman–Crippen LogP) is 5.09. The molecule has 3 nitrogen and oxygen atoms in total. The molecule has 0 aromatic carbocycles. The predicted molar refractivity (Wildman–Crippen MR) is 114 cm³/mol. The van der Waals surface area contributed by atoms with Crippen molar-refractivity contribution in [3.63, 3.8) is 0 Å². The first kappa shape index (κ1) is 20.8. The Kier molecular flexibility index (Phi) is 5.97. The second-order valence-electron chi connectivity index (χ2n) is 11.3. The normalized spacial score (nSPS) is 48.1. The molecule has 0 amide bonds. The first-order valence-electron chi connectivity index (χ1n) is 12.3. The van der Waals surface area contributed by atoms with Gasteiger partial charge in [-0.15, -0.1) is 0 Å². The van der Waals surface area contributed by atoms with Gasteiger partial charge in [-0.25, -0.2) is 0 Å². The van der Waals surface area contributed by atoms with E-state index in [0.29, 0.717) is 29.0 Å². The molecular weight excluding hydrogens is 346 g/mol. The van der Waals surface area contributed by atoms with Crippen LogP contribution in [-0.2, 0) is 4.79 Å². The lowest BCUT2D eigenvalue weighted by Crippen LogP contribution is -2.57. The molecule has 0 radical (unpaired) electrons. The van der Waals surface area contributed by atoms with Gasteiger partial charge in [0.05, 0.1) is 6.10 Å². The Balaban J connectivity index is 1.53. The van der Waals surface area contributed by atoms with E-state index in [4.69, 9.17) is 5.73 Å². The lowest BCUT2D eigenvalue weighted by molar-refractivity contribution is -0.158. The summed E-state index contributed by atoms with van der Waals surface area (Å²) in [5.74, 6) is 3.99. The second kappa shape index (κ2) is 8.02. The number of hydrogen-bond donors (Lipinski definition) is 2. The third-order valence-corrected chi connectivity index (χ3v) is 10.2. The Hall–Kier alpha value is -0.410. The Morgan fingerprint density at radius 2 is 1.75 bits per heavy atom. The van der Waals surface area contributed by atoms with Crippen molar-refractivity contribution in [1.29, 1.82) is 0 Å². The van der Waals surface area contributed by atoms with Crippen molar-refractivity contribution in [3.05, 3.63) is 0 Å². The van der Waals surface area contributed by atoms with Crippen LogP contribution in [0.5, 0.6) is 0 Å². The number of nitrogens with two attached hydrogens (primary N) is 1. The fourth-order valence-corrected chi connectivity index (χ4v) is 8.55. The van der Waals surface area contributed by atoms with E-state index in [1.165, 1.54) is 57.8 Å². The van der Waals surface area contributed by atoms with Crippen molar-refractivity contribution < 1.29 is 9.90 Å². The van der Waals surface area contributed by atoms with Crippen molar-refractivity contribution >= 4 is 5.78 Å². The number of hydrogen-bond acceptors (Lipinski definition) is 3. The van der Waals surface area contributed by atoms with Gasteiger partial charge in [0.2, 0.25) is 0 Å². The summed E-state index contributed by atoms with van der Waals surface area (Å²) in [6.45, 7) is 5.76. The Morgan fingerprint density at radius 3 is 2.54 bits per heavy atom. The number of carbonyl (C=O) groups is 1. The van der Waals surface area contributed by atoms with Gasteiger partial charge in [-0.1, -0.05) is 33.1 Å². The third kappa shape index (κ3) is 3.29. The van der Waals surface area contributed by atoms with Crippen molar-refractivity contribution in [2.24, 2.45) is 46.2 Å². The van der Waals surface area contributed by atoms with Crippen LogP contribution in [0.25, 0.3) is 0 Å². The van der Waals surface area contributed by atoms with E-state index in [9.17, 15) is 9.90 Å². The average Bonchev–Trinajstić information content (AvgIpc) is 2.97. The molecule has 0 saturated heterocycles. The summed E-state index contributed by atoms with van der Waals surface area (Å²) >= 11 is 0. The Labute approximate surface area is 172 Å². The maximum Gasteiger partial charge on any atom is 0.133 e. The summed E-state index contributed by atoms with van der Waals surface area (Å²) in [4.78, 5) is 12.6. The zero-order valence-electron chi connectivity index (χ0n) is 18.3. The lowest BCUT2D eigenvalue weighted by Gasteiger charge is -2.62. The largest absolute Gasteiger partial charge is 0.393 e. The number of Topliss-reactive ketones (excluding diaryl/α,β-unsaturated/α-hetero) is 1. The molecule has 0 aliphatic heterocycles. The summed E-state index contributed by atoms with van der Waals surface area (Å²) in [7, 11) is 0. The zero-order chi connectivity index (χ0) is 19.9. The molecule has 4 fully saturated rings. The molecule has 0 unspecified atom stereocenters. The van der Waals surface area contributed by atoms with Crippen LogP contribution in [-0.4, -0.2) is 23.5 Å². The van der Waals surface area contributed by atoms with Crippen LogP contribution >= 0.6 is 0 Å². The standard InChI is InChI=1S/C25H43NO2/c1-24-13-12-22-20(21(24)10-11-23(24)28)9-8-18-16-19(27)15-17(25(18,22)2)7-5-3-4-6-14-26/h17-18,20-23,28H,3-16,26H2,1-2H3/t17-,18-,20-,21-,22-,23-,24-,25-/m0/s1. The fourth-order valence-electron chi connectivity index (χ4n) is 8.55. The molecule has 0 aromatic heterocycles. The van der Waals surface area contributed by atoms with E-state index < -0.39 is 0 Å². The van der Waals surface area contributed by atoms with Gasteiger partial charge in [0.15, 0.2) is 0 Å². The molecule has 160 valence electrons. The molecule has 4 saturated carbocycles. The van der Waals surface area contributed by atoms with Crippen LogP contribution in [0.1, 0.15) is 97.3 Å². The van der Waals surface area contributed by atoms with E-state index in [1.807, 2.05) is 0 Å². The number of rotatable bonds is 6. The van der Waals surface area contributed by atoms with Gasteiger partial charge < -0.3 is 10.8 Å². The van der Waals surface area contributed by atoms with Gasteiger partial charge in [0.25, 0.3) is 0 Å². The highest BCUT2D eigenvalue weighted by molar-refractivity contribution is 5.80. The minimum absolute atomic E-state index is 0.0877. The third-order valence-electron chi connectivity index (χ3n) is 10.2. The number of fused-ring (bicyclic) bond motifs is 5. The van der Waals surface area contributed by atoms with Gasteiger partial charge in [0.1, 0.15) is 5.78 Å². The molecule has 28 heavy (non-hydrogen) atoms. The Bertz CT molecular complexity index is 577. The summed E-state index contributed by atoms with van der Waals surface area (Å²) in [5, 5.41) is 10.7. The molecule has 0 heterocycles. The number of ketones is 1. The van der Waals surface area contributed by atoms with E-state index in [1.54, 1.807) is 0 Å². The van der Waals surface area contributed by atoms with E-state index in [2.05, 4.69) is 13.8 Å². The van der Waals surface area contributed by atoms with Crippen molar-refractivity contribution in [3.8, 4) is 0 Å². The zero-order valence-corrected chi connectivity index (χ0v) is 18.3. The van der Waals surface area contributed by atoms with Crippen LogP contribution in [0.2, 0.25) is 0 Å². The van der Waals surface area contributed by atoms with Gasteiger partial charge in [0, 0.05) is 12.8 Å². The highest BCUT2D eigenvalue weighted by Crippen LogP contribution is 2.67. The molecule has 0 spiro atoms. The molecule has 4 aliphatic rings. The molecule has 8 atom stereocenters. The highest BCUT2D eigenvalue weighted by atomic mass is 16.3. The number of aliphatic hydroxyl groups excluding tert-OH is 1. The van der Waals surface area contributed by atoms with Gasteiger partial charge >= 0.3 is 0 Å². The summed E-state index contributed by atoms with van der Waals surface area (Å²) in [5.41, 5.74) is 6.16.